The molecule has 0 spiro atoms. The van der Waals surface area contributed by atoms with Crippen molar-refractivity contribution >= 4 is 21.1 Å². The van der Waals surface area contributed by atoms with Gasteiger partial charge in [0.05, 0.1) is 0 Å². The molecule has 2 heteroatoms. The van der Waals surface area contributed by atoms with E-state index >= 15 is 0 Å². The van der Waals surface area contributed by atoms with Crippen LogP contribution < -0.4 is 0 Å². The number of unbranched alkanes of at least 4 members (excludes halogenated alkanes) is 2. The van der Waals surface area contributed by atoms with Crippen molar-refractivity contribution in [1.82, 2.24) is 0 Å². The average Bonchev–Trinajstić information content (AvgIpc) is 1.89. The van der Waals surface area contributed by atoms with Gasteiger partial charge in [-0.2, -0.15) is 0 Å². The zero-order chi connectivity index (χ0) is 6.95. The predicted molar refractivity (Wildman–Crippen MR) is 45.2 cm³/mol. The zero-order valence-electron chi connectivity index (χ0n) is 7.19. The van der Waals surface area contributed by atoms with Crippen molar-refractivity contribution in [3.8, 4) is 0 Å². The Labute approximate surface area is 87.6 Å². The average molecular weight is 284 g/mol. The third-order valence-electron chi connectivity index (χ3n) is 1.41. The SMILES string of the molecule is CCC[CH2][Sn][CH2]CCC.[V]. The molecule has 0 rings (SSSR count). The fourth-order valence-corrected chi connectivity index (χ4v) is 4.89. The van der Waals surface area contributed by atoms with Gasteiger partial charge in [0.1, 0.15) is 0 Å². The Morgan fingerprint density at radius 1 is 0.900 bits per heavy atom. The first-order chi connectivity index (χ1) is 4.41. The quantitative estimate of drug-likeness (QED) is 0.519. The minimum Gasteiger partial charge on any atom is 0 e. The molecular formula is C8H18SnV. The first-order valence-electron chi connectivity index (χ1n) is 4.12. The molecule has 10 heavy (non-hydrogen) atoms. The van der Waals surface area contributed by atoms with Gasteiger partial charge in [0.15, 0.2) is 0 Å². The Morgan fingerprint density at radius 2 is 1.30 bits per heavy atom. The minimum atomic E-state index is 0. The van der Waals surface area contributed by atoms with E-state index in [1.54, 1.807) is 8.87 Å². The number of hydrogen-bond donors (Lipinski definition) is 0. The fourth-order valence-electron chi connectivity index (χ4n) is 0.729. The van der Waals surface area contributed by atoms with Gasteiger partial charge in [-0.25, -0.2) is 0 Å². The van der Waals surface area contributed by atoms with Crippen LogP contribution in [0.15, 0.2) is 0 Å². The van der Waals surface area contributed by atoms with Crippen LogP contribution in [0.2, 0.25) is 8.87 Å². The van der Waals surface area contributed by atoms with Gasteiger partial charge in [0.25, 0.3) is 0 Å². The van der Waals surface area contributed by atoms with Crippen molar-refractivity contribution < 1.29 is 18.6 Å². The maximum absolute atomic E-state index is 2.29. The summed E-state index contributed by atoms with van der Waals surface area (Å²) in [7, 11) is 0. The molecule has 0 aliphatic carbocycles. The van der Waals surface area contributed by atoms with E-state index in [0.717, 1.165) is 0 Å². The van der Waals surface area contributed by atoms with Crippen LogP contribution in [-0.4, -0.2) is 21.1 Å². The van der Waals surface area contributed by atoms with E-state index in [9.17, 15) is 0 Å². The number of hydrogen-bond acceptors (Lipinski definition) is 0. The zero-order valence-corrected chi connectivity index (χ0v) is 11.4. The summed E-state index contributed by atoms with van der Waals surface area (Å²) >= 11 is 0.149. The van der Waals surface area contributed by atoms with Crippen LogP contribution in [-0.2, 0) is 18.6 Å². The van der Waals surface area contributed by atoms with E-state index in [1.807, 2.05) is 0 Å². The molecule has 0 unspecified atom stereocenters. The fraction of sp³-hybridized carbons (Fsp3) is 1.00. The van der Waals surface area contributed by atoms with E-state index in [4.69, 9.17) is 0 Å². The molecule has 0 aromatic heterocycles. The summed E-state index contributed by atoms with van der Waals surface area (Å²) in [6.45, 7) is 4.58. The number of rotatable bonds is 6. The third kappa shape index (κ3) is 12.1. The van der Waals surface area contributed by atoms with Crippen molar-refractivity contribution in [3.63, 3.8) is 0 Å². The normalized spacial score (nSPS) is 9.00. The van der Waals surface area contributed by atoms with Crippen molar-refractivity contribution in [2.24, 2.45) is 0 Å². The molecule has 0 N–H and O–H groups in total. The Kier molecular flexibility index (Phi) is 18.1. The van der Waals surface area contributed by atoms with Crippen LogP contribution in [0.1, 0.15) is 39.5 Å². The van der Waals surface area contributed by atoms with Crippen LogP contribution in [0, 0.1) is 0 Å². The van der Waals surface area contributed by atoms with Gasteiger partial charge in [0.2, 0.25) is 0 Å². The van der Waals surface area contributed by atoms with Gasteiger partial charge in [-0.15, -0.1) is 0 Å². The Balaban J connectivity index is 0. The molecule has 0 saturated carbocycles. The Bertz CT molecular complexity index is 42.5. The van der Waals surface area contributed by atoms with Gasteiger partial charge < -0.3 is 0 Å². The monoisotopic (exact) mass is 285 g/mol. The third-order valence-corrected chi connectivity index (χ3v) is 5.45. The van der Waals surface area contributed by atoms with E-state index in [2.05, 4.69) is 13.8 Å². The molecule has 0 aliphatic rings. The van der Waals surface area contributed by atoms with Gasteiger partial charge in [-0.1, -0.05) is 0 Å². The summed E-state index contributed by atoms with van der Waals surface area (Å²) in [6.07, 6.45) is 5.84. The molecular weight excluding hydrogens is 266 g/mol. The van der Waals surface area contributed by atoms with Gasteiger partial charge in [-0.3, -0.25) is 0 Å². The maximum Gasteiger partial charge on any atom is 0 e. The van der Waals surface area contributed by atoms with Crippen LogP contribution in [0.25, 0.3) is 0 Å². The molecule has 0 fully saturated rings. The summed E-state index contributed by atoms with van der Waals surface area (Å²) in [5.41, 5.74) is 0. The minimum absolute atomic E-state index is 0. The van der Waals surface area contributed by atoms with Gasteiger partial charge in [-0.05, 0) is 0 Å². The molecule has 0 bridgehead atoms. The summed E-state index contributed by atoms with van der Waals surface area (Å²) in [5, 5.41) is 0. The van der Waals surface area contributed by atoms with Crippen molar-refractivity contribution in [2.45, 2.75) is 48.4 Å². The maximum atomic E-state index is 2.29. The summed E-state index contributed by atoms with van der Waals surface area (Å²) in [4.78, 5) is 0. The van der Waals surface area contributed by atoms with Crippen LogP contribution in [0.5, 0.6) is 0 Å². The topological polar surface area (TPSA) is 0 Å². The van der Waals surface area contributed by atoms with Crippen molar-refractivity contribution in [1.29, 1.82) is 0 Å². The Morgan fingerprint density at radius 3 is 1.60 bits per heavy atom. The van der Waals surface area contributed by atoms with Crippen molar-refractivity contribution in [3.05, 3.63) is 0 Å². The van der Waals surface area contributed by atoms with Gasteiger partial charge in [0, 0.05) is 18.6 Å². The first kappa shape index (κ1) is 13.9. The Hall–Kier alpha value is 1.38. The van der Waals surface area contributed by atoms with Gasteiger partial charge >= 0.3 is 69.5 Å². The molecule has 0 aromatic rings. The standard InChI is InChI=1S/2C4H9.Sn.V/c2*1-3-4-2;;/h2*1,3-4H2,2H3;;. The van der Waals surface area contributed by atoms with Crippen LogP contribution >= 0.6 is 0 Å². The molecule has 0 amide bonds. The second-order valence-corrected chi connectivity index (χ2v) is 6.74. The van der Waals surface area contributed by atoms with Crippen molar-refractivity contribution in [2.75, 3.05) is 0 Å². The van der Waals surface area contributed by atoms with E-state index in [-0.39, 0.29) is 39.7 Å². The molecule has 0 aliphatic heterocycles. The molecule has 0 aromatic carbocycles. The molecule has 3 radical (unpaired) electrons. The molecule has 0 nitrogen and oxygen atoms in total. The molecule has 59 valence electrons. The summed E-state index contributed by atoms with van der Waals surface area (Å²) in [5.74, 6) is 0. The van der Waals surface area contributed by atoms with E-state index in [0.29, 0.717) is 0 Å². The largest absolute Gasteiger partial charge is 0 e. The van der Waals surface area contributed by atoms with Crippen LogP contribution in [0.3, 0.4) is 0 Å². The summed E-state index contributed by atoms with van der Waals surface area (Å²) < 4.78 is 3.25. The summed E-state index contributed by atoms with van der Waals surface area (Å²) in [6, 6.07) is 0. The second-order valence-electron chi connectivity index (χ2n) is 2.46. The predicted octanol–water partition coefficient (Wildman–Crippen LogP) is 3.12. The van der Waals surface area contributed by atoms with E-state index in [1.165, 1.54) is 25.7 Å². The second kappa shape index (κ2) is 13.0. The van der Waals surface area contributed by atoms with Crippen LogP contribution in [0.4, 0.5) is 0 Å². The smallest absolute Gasteiger partial charge is 0 e. The first-order valence-corrected chi connectivity index (χ1v) is 8.16. The molecule has 0 heterocycles. The molecule has 0 atom stereocenters. The van der Waals surface area contributed by atoms with E-state index < -0.39 is 0 Å². The molecule has 0 saturated heterocycles.